The summed E-state index contributed by atoms with van der Waals surface area (Å²) < 4.78 is 5.77. The molecule has 0 saturated carbocycles. The number of hydrogen-bond donors (Lipinski definition) is 0. The molecule has 1 amide bonds. The topological polar surface area (TPSA) is 56.6 Å². The molecule has 2 aromatic carbocycles. The third-order valence-corrected chi connectivity index (χ3v) is 5.02. The molecule has 0 aliphatic carbocycles. The summed E-state index contributed by atoms with van der Waals surface area (Å²) in [5.41, 5.74) is 2.75. The highest BCUT2D eigenvalue weighted by atomic mass is 35.5. The first-order valence-electron chi connectivity index (χ1n) is 8.95. The van der Waals surface area contributed by atoms with Crippen molar-refractivity contribution in [2.24, 2.45) is 0 Å². The Morgan fingerprint density at radius 2 is 2.15 bits per heavy atom. The van der Waals surface area contributed by atoms with Crippen molar-refractivity contribution in [3.05, 3.63) is 58.6 Å². The molecule has 0 radical (unpaired) electrons. The van der Waals surface area contributed by atoms with Crippen molar-refractivity contribution in [1.29, 1.82) is 5.26 Å². The van der Waals surface area contributed by atoms with Crippen LogP contribution in [-0.4, -0.2) is 37.0 Å². The summed E-state index contributed by atoms with van der Waals surface area (Å²) in [5.74, 6) is 0.841. The van der Waals surface area contributed by atoms with E-state index in [2.05, 4.69) is 11.0 Å². The van der Waals surface area contributed by atoms with Gasteiger partial charge in [-0.2, -0.15) is 5.26 Å². The van der Waals surface area contributed by atoms with Crippen molar-refractivity contribution in [3.8, 4) is 11.8 Å². The normalized spacial score (nSPS) is 13.8. The minimum atomic E-state index is -0.0358. The Hall–Kier alpha value is -2.55. The van der Waals surface area contributed by atoms with E-state index in [1.165, 1.54) is 0 Å². The third-order valence-electron chi connectivity index (χ3n) is 4.59. The summed E-state index contributed by atoms with van der Waals surface area (Å²) in [6.07, 6.45) is 0.277. The number of amides is 1. The smallest absolute Gasteiger partial charge is 0.241 e. The zero-order valence-electron chi connectivity index (χ0n) is 15.3. The van der Waals surface area contributed by atoms with E-state index >= 15 is 0 Å². The zero-order valence-corrected chi connectivity index (χ0v) is 16.1. The Morgan fingerprint density at radius 1 is 1.33 bits per heavy atom. The monoisotopic (exact) mass is 383 g/mol. The van der Waals surface area contributed by atoms with Gasteiger partial charge in [0.2, 0.25) is 5.91 Å². The van der Waals surface area contributed by atoms with Crippen molar-refractivity contribution in [2.75, 3.05) is 31.1 Å². The van der Waals surface area contributed by atoms with Crippen LogP contribution in [0, 0.1) is 18.3 Å². The molecule has 1 heterocycles. The van der Waals surface area contributed by atoms with Crippen molar-refractivity contribution < 1.29 is 9.53 Å². The number of carbonyl (C=O) groups is 1. The molecule has 0 aromatic heterocycles. The third kappa shape index (κ3) is 4.79. The van der Waals surface area contributed by atoms with Crippen molar-refractivity contribution >= 4 is 23.2 Å². The fourth-order valence-corrected chi connectivity index (χ4v) is 3.27. The Balaban J connectivity index is 1.76. The highest BCUT2D eigenvalue weighted by molar-refractivity contribution is 6.31. The van der Waals surface area contributed by atoms with E-state index in [9.17, 15) is 4.79 Å². The number of aryl methyl sites for hydroxylation is 1. The van der Waals surface area contributed by atoms with E-state index in [-0.39, 0.29) is 18.9 Å². The number of anilines is 1. The van der Waals surface area contributed by atoms with Crippen molar-refractivity contribution in [2.45, 2.75) is 19.9 Å². The SMILES string of the molecule is Cc1cc(N(CCC#N)C(=O)CN2CCOc3ccccc3C2)ccc1Cl. The first-order valence-corrected chi connectivity index (χ1v) is 9.33. The second kappa shape index (κ2) is 8.90. The highest BCUT2D eigenvalue weighted by Crippen LogP contribution is 2.25. The van der Waals surface area contributed by atoms with Crippen LogP contribution >= 0.6 is 11.6 Å². The van der Waals surface area contributed by atoms with Crippen LogP contribution in [0.5, 0.6) is 5.75 Å². The molecule has 6 heteroatoms. The van der Waals surface area contributed by atoms with Gasteiger partial charge >= 0.3 is 0 Å². The number of ether oxygens (including phenoxy) is 1. The van der Waals surface area contributed by atoms with E-state index in [1.807, 2.05) is 43.3 Å². The first-order chi connectivity index (χ1) is 13.1. The number of carbonyl (C=O) groups excluding carboxylic acids is 1. The largest absolute Gasteiger partial charge is 0.492 e. The molecule has 0 fully saturated rings. The molecular formula is C21H22ClN3O2. The number of halogens is 1. The number of nitriles is 1. The maximum atomic E-state index is 13.0. The molecule has 2 aromatic rings. The number of hydrogen-bond acceptors (Lipinski definition) is 4. The van der Waals surface area contributed by atoms with Crippen LogP contribution in [0.4, 0.5) is 5.69 Å². The standard InChI is InChI=1S/C21H22ClN3O2/c1-16-13-18(7-8-19(16)22)25(10-4-9-23)21(26)15-24-11-12-27-20-6-3-2-5-17(20)14-24/h2-3,5-8,13H,4,10-12,14-15H2,1H3. The van der Waals surface area contributed by atoms with Crippen LogP contribution in [0.15, 0.2) is 42.5 Å². The van der Waals surface area contributed by atoms with Gasteiger partial charge in [0.05, 0.1) is 19.0 Å². The fourth-order valence-electron chi connectivity index (χ4n) is 3.15. The Bertz CT molecular complexity index is 863. The molecule has 1 aliphatic heterocycles. The first kappa shape index (κ1) is 19.2. The summed E-state index contributed by atoms with van der Waals surface area (Å²) in [6, 6.07) is 15.5. The quantitative estimate of drug-likeness (QED) is 0.788. The number of benzene rings is 2. The van der Waals surface area contributed by atoms with Gasteiger partial charge in [-0.15, -0.1) is 0 Å². The molecule has 140 valence electrons. The Morgan fingerprint density at radius 3 is 2.93 bits per heavy atom. The average Bonchev–Trinajstić information content (AvgIpc) is 2.86. The summed E-state index contributed by atoms with van der Waals surface area (Å²) in [5, 5.41) is 9.63. The van der Waals surface area contributed by atoms with E-state index in [0.717, 1.165) is 22.6 Å². The van der Waals surface area contributed by atoms with Gasteiger partial charge < -0.3 is 9.64 Å². The van der Waals surface area contributed by atoms with Gasteiger partial charge in [0.15, 0.2) is 0 Å². The van der Waals surface area contributed by atoms with Gasteiger partial charge in [-0.3, -0.25) is 9.69 Å². The van der Waals surface area contributed by atoms with Gasteiger partial charge in [0.1, 0.15) is 12.4 Å². The lowest BCUT2D eigenvalue weighted by atomic mass is 10.2. The van der Waals surface area contributed by atoms with Gasteiger partial charge in [0.25, 0.3) is 0 Å². The van der Waals surface area contributed by atoms with E-state index < -0.39 is 0 Å². The van der Waals surface area contributed by atoms with Crippen LogP contribution < -0.4 is 9.64 Å². The fraction of sp³-hybridized carbons (Fsp3) is 0.333. The molecule has 0 atom stereocenters. The van der Waals surface area contributed by atoms with Crippen LogP contribution in [0.2, 0.25) is 5.02 Å². The highest BCUT2D eigenvalue weighted by Gasteiger charge is 2.22. The Kier molecular flexibility index (Phi) is 6.33. The lowest BCUT2D eigenvalue weighted by Gasteiger charge is -2.26. The zero-order chi connectivity index (χ0) is 19.2. The minimum Gasteiger partial charge on any atom is -0.492 e. The second-order valence-electron chi connectivity index (χ2n) is 6.55. The number of nitrogens with zero attached hydrogens (tertiary/aromatic N) is 3. The lowest BCUT2D eigenvalue weighted by molar-refractivity contribution is -0.119. The van der Waals surface area contributed by atoms with Crippen LogP contribution in [0.1, 0.15) is 17.5 Å². The van der Waals surface area contributed by atoms with E-state index in [1.54, 1.807) is 11.0 Å². The van der Waals surface area contributed by atoms with Gasteiger partial charge in [-0.05, 0) is 36.8 Å². The molecule has 0 bridgehead atoms. The molecule has 27 heavy (non-hydrogen) atoms. The van der Waals surface area contributed by atoms with Crippen LogP contribution in [0.25, 0.3) is 0 Å². The predicted molar refractivity (Wildman–Crippen MR) is 106 cm³/mol. The summed E-state index contributed by atoms with van der Waals surface area (Å²) in [6.45, 7) is 4.41. The molecule has 3 rings (SSSR count). The second-order valence-corrected chi connectivity index (χ2v) is 6.96. The average molecular weight is 384 g/mol. The summed E-state index contributed by atoms with van der Waals surface area (Å²) in [4.78, 5) is 16.8. The maximum Gasteiger partial charge on any atom is 0.241 e. The van der Waals surface area contributed by atoms with Crippen LogP contribution in [-0.2, 0) is 11.3 Å². The summed E-state index contributed by atoms with van der Waals surface area (Å²) in [7, 11) is 0. The lowest BCUT2D eigenvalue weighted by Crippen LogP contribution is -2.41. The molecular weight excluding hydrogens is 362 g/mol. The van der Waals surface area contributed by atoms with Crippen molar-refractivity contribution in [3.63, 3.8) is 0 Å². The molecule has 5 nitrogen and oxygen atoms in total. The maximum absolute atomic E-state index is 13.0. The molecule has 0 saturated heterocycles. The number of rotatable bonds is 5. The molecule has 0 N–H and O–H groups in total. The van der Waals surface area contributed by atoms with E-state index in [4.69, 9.17) is 21.6 Å². The van der Waals surface area contributed by atoms with Crippen LogP contribution in [0.3, 0.4) is 0 Å². The summed E-state index contributed by atoms with van der Waals surface area (Å²) >= 11 is 6.11. The molecule has 0 unspecified atom stereocenters. The number of fused-ring (bicyclic) bond motifs is 1. The van der Waals surface area contributed by atoms with Gasteiger partial charge in [0, 0.05) is 35.9 Å². The predicted octanol–water partition coefficient (Wildman–Crippen LogP) is 3.79. The molecule has 1 aliphatic rings. The van der Waals surface area contributed by atoms with Crippen molar-refractivity contribution in [1.82, 2.24) is 4.90 Å². The van der Waals surface area contributed by atoms with Gasteiger partial charge in [-0.1, -0.05) is 29.8 Å². The minimum absolute atomic E-state index is 0.0358. The van der Waals surface area contributed by atoms with Gasteiger partial charge in [-0.25, -0.2) is 0 Å². The number of para-hydroxylation sites is 1. The van der Waals surface area contributed by atoms with E-state index in [0.29, 0.717) is 31.3 Å². The molecule has 0 spiro atoms. The Labute approximate surface area is 164 Å².